The molecule has 8 heterocycles. The maximum absolute atomic E-state index is 10.7. The number of esters is 1. The predicted octanol–water partition coefficient (Wildman–Crippen LogP) is 13.3. The summed E-state index contributed by atoms with van der Waals surface area (Å²) in [5, 5.41) is 53.9. The van der Waals surface area contributed by atoms with Gasteiger partial charge in [0.05, 0.1) is 33.6 Å². The molecule has 16 rings (SSSR count). The van der Waals surface area contributed by atoms with Crippen molar-refractivity contribution in [2.24, 2.45) is 0 Å². The Hall–Kier alpha value is -13.0. The topological polar surface area (TPSA) is 427 Å². The highest BCUT2D eigenvalue weighted by atomic mass is 16.5. The molecule has 0 aliphatic carbocycles. The van der Waals surface area contributed by atoms with Crippen LogP contribution in [0.4, 0.5) is 34.1 Å². The number of nitrogens with one attached hydrogen (secondary N) is 8. The van der Waals surface area contributed by atoms with Crippen molar-refractivity contribution in [1.29, 1.82) is 0 Å². The third-order valence-electron chi connectivity index (χ3n) is 13.6. The Balaban J connectivity index is 0.000000121. The van der Waals surface area contributed by atoms with E-state index in [1.807, 2.05) is 177 Å². The van der Waals surface area contributed by atoms with Crippen LogP contribution in [0.2, 0.25) is 0 Å². The van der Waals surface area contributed by atoms with E-state index in [-0.39, 0.29) is 28.7 Å². The summed E-state index contributed by atoms with van der Waals surface area (Å²) in [7, 11) is 0. The van der Waals surface area contributed by atoms with Crippen molar-refractivity contribution in [2.75, 3.05) is 34.4 Å². The summed E-state index contributed by atoms with van der Waals surface area (Å²) < 4.78 is 4.82. The van der Waals surface area contributed by atoms with Gasteiger partial charge in [0.25, 0.3) is 0 Å². The highest BCUT2D eigenvalue weighted by molar-refractivity contribution is 5.95. The number of nitrogens with two attached hydrogens (primary N) is 6. The van der Waals surface area contributed by atoms with Gasteiger partial charge in [-0.3, -0.25) is 4.79 Å². The van der Waals surface area contributed by atoms with Crippen LogP contribution in [0.5, 0.6) is 28.7 Å². The van der Waals surface area contributed by atoms with Gasteiger partial charge in [-0.1, -0.05) is 36.4 Å². The number of carbonyl (C=O) groups is 2. The van der Waals surface area contributed by atoms with Gasteiger partial charge in [0.1, 0.15) is 11.4 Å². The monoisotopic (exact) mass is 1190 g/mol. The first kappa shape index (κ1) is 60.6. The van der Waals surface area contributed by atoms with E-state index in [4.69, 9.17) is 54.5 Å². The summed E-state index contributed by atoms with van der Waals surface area (Å²) in [6.07, 6.45) is 13.0. The zero-order valence-electron chi connectivity index (χ0n) is 47.7. The fraction of sp³-hybridized carbons (Fsp3) is 0.0149. The second kappa shape index (κ2) is 27.6. The zero-order valence-corrected chi connectivity index (χ0v) is 47.7. The average molecular weight is 1190 g/mol. The molecule has 8 aromatic heterocycles. The molecule has 450 valence electrons. The number of anilines is 6. The van der Waals surface area contributed by atoms with E-state index in [9.17, 15) is 19.8 Å². The number of phenolic OH excluding ortho intramolecular Hbond substituents is 4. The molecule has 8 aromatic carbocycles. The maximum Gasteiger partial charge on any atom is 0.352 e. The number of aromatic amines is 8. The third kappa shape index (κ3) is 15.4. The lowest BCUT2D eigenvalue weighted by Gasteiger charge is -2.03. The standard InChI is InChI=1S/C10H9NO3.C9H7NO4.C8H9N3.4C8H8N2.C8H7NO/c1-6(12)14-10-4-7-2-3-11-8(7)5-9(10)13;11-7-2-4-1-6(9(13)14)10-5(4)3-8(7)12;9-6-3-5-1-2-11-8(5)4-7(6)10;9-7-1-2-8-6(5-7)3-4-10-8;9-7-2-1-6-3-4-10-8(6)5-7;9-7-2-1-3-8-6(7)4-5-10-8;9-7-3-1-2-6-4-5-10-8(6)7;10-7-3-1-2-6-4-5-9-8(6)7/h2-5,11,13H,1H3;1-3,10-12H,(H,13,14);1-4,11H,9-10H2;4*1-5,10H,9H2;1-5,9-10H. The number of hydrogen-bond donors (Lipinski definition) is 19. The maximum atomic E-state index is 10.7. The number of carbonyl (C=O) groups excluding carboxylic acids is 1. The molecule has 25 N–H and O–H groups in total. The summed E-state index contributed by atoms with van der Waals surface area (Å²) in [4.78, 5) is 45.1. The quantitative estimate of drug-likeness (QED) is 0.0331. The first-order valence-electron chi connectivity index (χ1n) is 27.3. The van der Waals surface area contributed by atoms with Gasteiger partial charge in [0, 0.05) is 145 Å². The number of aromatic carboxylic acids is 1. The summed E-state index contributed by atoms with van der Waals surface area (Å²) in [6, 6.07) is 53.3. The summed E-state index contributed by atoms with van der Waals surface area (Å²) in [6.45, 7) is 1.29. The zero-order chi connectivity index (χ0) is 63.1. The van der Waals surface area contributed by atoms with E-state index in [0.717, 1.165) is 82.9 Å². The number of H-pyrrole nitrogens is 8. The Kier molecular flexibility index (Phi) is 18.8. The fourth-order valence-electron chi connectivity index (χ4n) is 9.14. The Bertz CT molecular complexity index is 4700. The fourth-order valence-corrected chi connectivity index (χ4v) is 9.14. The van der Waals surface area contributed by atoms with Gasteiger partial charge in [-0.15, -0.1) is 0 Å². The van der Waals surface area contributed by atoms with Crippen LogP contribution in [-0.4, -0.2) is 77.3 Å². The number of phenols is 4. The number of nitrogen functional groups attached to an aromatic ring is 6. The minimum atomic E-state index is -1.08. The summed E-state index contributed by atoms with van der Waals surface area (Å²) in [5.74, 6) is -1.64. The molecule has 0 saturated heterocycles. The molecule has 89 heavy (non-hydrogen) atoms. The highest BCUT2D eigenvalue weighted by Crippen LogP contribution is 2.32. The molecule has 22 nitrogen and oxygen atoms in total. The van der Waals surface area contributed by atoms with Gasteiger partial charge in [-0.25, -0.2) is 4.79 Å². The van der Waals surface area contributed by atoms with Crippen molar-refractivity contribution in [3.8, 4) is 28.7 Å². The minimum Gasteiger partial charge on any atom is -0.506 e. The SMILES string of the molecule is CC(=O)Oc1cc2cc[nH]c2cc1O.Nc1cc2cc[nH]c2cc1N.Nc1ccc2[nH]ccc2c1.Nc1ccc2cc[nH]c2c1.Nc1cccc2[nH]ccc12.Nc1cccc2cc[nH]c12.O=C(O)c1cc2cc(O)c(O)cc2[nH]1.Oc1cccc2cc[nH]c12. The molecule has 0 aliphatic heterocycles. The first-order valence-corrected chi connectivity index (χ1v) is 27.3. The van der Waals surface area contributed by atoms with Crippen LogP contribution in [0.3, 0.4) is 0 Å². The summed E-state index contributed by atoms with van der Waals surface area (Å²) in [5.41, 5.74) is 45.7. The van der Waals surface area contributed by atoms with E-state index in [1.54, 1.807) is 18.3 Å². The Morgan fingerprint density at radius 3 is 1.54 bits per heavy atom. The molecule has 0 bridgehead atoms. The molecule has 0 radical (unpaired) electrons. The number of para-hydroxylation sites is 2. The number of rotatable bonds is 2. The van der Waals surface area contributed by atoms with Crippen LogP contribution in [0, 0.1) is 0 Å². The van der Waals surface area contributed by atoms with Gasteiger partial charge in [0.2, 0.25) is 0 Å². The van der Waals surface area contributed by atoms with Crippen LogP contribution < -0.4 is 39.1 Å². The second-order valence-electron chi connectivity index (χ2n) is 19.9. The molecule has 16 aromatic rings. The number of benzene rings is 8. The second-order valence-corrected chi connectivity index (χ2v) is 19.9. The van der Waals surface area contributed by atoms with Crippen molar-refractivity contribution < 1.29 is 39.9 Å². The predicted molar refractivity (Wildman–Crippen MR) is 358 cm³/mol. The molecular weight excluding hydrogens is 1130 g/mol. The minimum absolute atomic E-state index is 0.0185. The molecule has 22 heteroatoms. The molecule has 0 spiro atoms. The van der Waals surface area contributed by atoms with E-state index in [0.29, 0.717) is 28.0 Å². The Labute approximate surface area is 506 Å². The van der Waals surface area contributed by atoms with E-state index >= 15 is 0 Å². The lowest BCUT2D eigenvalue weighted by atomic mass is 10.2. The largest absolute Gasteiger partial charge is 0.506 e. The number of fused-ring (bicyclic) bond motifs is 8. The molecule has 0 fully saturated rings. The molecule has 0 unspecified atom stereocenters. The lowest BCUT2D eigenvalue weighted by Crippen LogP contribution is -2.01. The van der Waals surface area contributed by atoms with Crippen LogP contribution in [0.15, 0.2) is 219 Å². The number of hydrogen-bond acceptors (Lipinski definition) is 13. The van der Waals surface area contributed by atoms with Crippen molar-refractivity contribution in [3.05, 3.63) is 225 Å². The average Bonchev–Trinajstić information content (AvgIpc) is 3.72. The van der Waals surface area contributed by atoms with Gasteiger partial charge in [-0.05, 0) is 133 Å². The van der Waals surface area contributed by atoms with Crippen LogP contribution in [0.25, 0.3) is 87.2 Å². The number of carboxylic acids is 1. The number of ether oxygens (including phenoxy) is 1. The van der Waals surface area contributed by atoms with E-state index < -0.39 is 11.9 Å². The highest BCUT2D eigenvalue weighted by Gasteiger charge is 2.11. The molecular formula is C67H64N14O8. The normalized spacial score (nSPS) is 10.4. The third-order valence-corrected chi connectivity index (χ3v) is 13.6. The van der Waals surface area contributed by atoms with Gasteiger partial charge < -0.3 is 105 Å². The Morgan fingerprint density at radius 1 is 0.360 bits per heavy atom. The Morgan fingerprint density at radius 2 is 0.865 bits per heavy atom. The van der Waals surface area contributed by atoms with E-state index in [2.05, 4.69) is 39.9 Å². The number of aromatic nitrogens is 8. The molecule has 0 aliphatic rings. The van der Waals surface area contributed by atoms with Crippen molar-refractivity contribution in [1.82, 2.24) is 39.9 Å². The van der Waals surface area contributed by atoms with Gasteiger partial charge in [-0.2, -0.15) is 0 Å². The number of carboxylic acid groups (broad SMARTS) is 1. The van der Waals surface area contributed by atoms with Gasteiger partial charge in [0.15, 0.2) is 23.0 Å². The smallest absolute Gasteiger partial charge is 0.352 e. The molecule has 0 amide bonds. The van der Waals surface area contributed by atoms with Crippen LogP contribution >= 0.6 is 0 Å². The molecule has 0 saturated carbocycles. The van der Waals surface area contributed by atoms with Crippen molar-refractivity contribution in [3.63, 3.8) is 0 Å². The summed E-state index contributed by atoms with van der Waals surface area (Å²) >= 11 is 0. The van der Waals surface area contributed by atoms with Crippen molar-refractivity contribution >= 4 is 133 Å². The van der Waals surface area contributed by atoms with E-state index in [1.165, 1.54) is 47.3 Å². The van der Waals surface area contributed by atoms with Crippen LogP contribution in [0.1, 0.15) is 17.4 Å². The molecule has 0 atom stereocenters. The van der Waals surface area contributed by atoms with Crippen molar-refractivity contribution in [2.45, 2.75) is 6.92 Å². The first-order chi connectivity index (χ1) is 42.9. The number of aromatic hydroxyl groups is 4. The van der Waals surface area contributed by atoms with Crippen LogP contribution in [-0.2, 0) is 4.79 Å². The lowest BCUT2D eigenvalue weighted by molar-refractivity contribution is -0.132. The van der Waals surface area contributed by atoms with Gasteiger partial charge >= 0.3 is 11.9 Å².